The highest BCUT2D eigenvalue weighted by atomic mass is 16.5. The summed E-state index contributed by atoms with van der Waals surface area (Å²) in [5.41, 5.74) is 1.03. The predicted molar refractivity (Wildman–Crippen MR) is 105 cm³/mol. The molecule has 1 aliphatic heterocycles. The molecule has 0 unspecified atom stereocenters. The van der Waals surface area contributed by atoms with Crippen LogP contribution in [0.15, 0.2) is 65.3 Å². The number of nitrogens with one attached hydrogen (secondary N) is 1. The molecule has 30 heavy (non-hydrogen) atoms. The lowest BCUT2D eigenvalue weighted by molar-refractivity contribution is -0.131. The third-order valence-electron chi connectivity index (χ3n) is 4.48. The molecule has 150 valence electrons. The molecule has 0 radical (unpaired) electrons. The molecular weight excluding hydrogens is 388 g/mol. The van der Waals surface area contributed by atoms with Crippen LogP contribution in [-0.2, 0) is 11.3 Å². The first kappa shape index (κ1) is 19.1. The number of anilines is 1. The molecule has 3 amide bonds. The molecule has 1 N–H and O–H groups in total. The lowest BCUT2D eigenvalue weighted by Gasteiger charge is -2.11. The van der Waals surface area contributed by atoms with Gasteiger partial charge in [-0.15, -0.1) is 0 Å². The first-order chi connectivity index (χ1) is 14.4. The maximum Gasteiger partial charge on any atom is 0.308 e. The summed E-state index contributed by atoms with van der Waals surface area (Å²) in [4.78, 5) is 50.0. The molecule has 0 saturated carbocycles. The van der Waals surface area contributed by atoms with E-state index in [4.69, 9.17) is 9.15 Å². The van der Waals surface area contributed by atoms with Gasteiger partial charge < -0.3 is 14.5 Å². The molecule has 1 aliphatic rings. The van der Waals surface area contributed by atoms with Gasteiger partial charge >= 0.3 is 5.97 Å². The van der Waals surface area contributed by atoms with Crippen molar-refractivity contribution in [2.24, 2.45) is 0 Å². The van der Waals surface area contributed by atoms with E-state index < -0.39 is 23.7 Å². The Morgan fingerprint density at radius 1 is 1.00 bits per heavy atom. The van der Waals surface area contributed by atoms with E-state index in [1.807, 2.05) is 0 Å². The molecular formula is C22H16N2O6. The van der Waals surface area contributed by atoms with Crippen LogP contribution in [0.2, 0.25) is 0 Å². The minimum absolute atomic E-state index is 0.0177. The molecule has 8 nitrogen and oxygen atoms in total. The van der Waals surface area contributed by atoms with Crippen LogP contribution < -0.4 is 10.1 Å². The highest BCUT2D eigenvalue weighted by molar-refractivity contribution is 6.22. The van der Waals surface area contributed by atoms with Crippen molar-refractivity contribution in [1.82, 2.24) is 4.90 Å². The molecule has 0 bridgehead atoms. The Morgan fingerprint density at radius 3 is 2.53 bits per heavy atom. The maximum atomic E-state index is 12.7. The van der Waals surface area contributed by atoms with Crippen LogP contribution in [0, 0.1) is 0 Å². The quantitative estimate of drug-likeness (QED) is 0.398. The van der Waals surface area contributed by atoms with Crippen LogP contribution in [-0.4, -0.2) is 28.6 Å². The van der Waals surface area contributed by atoms with E-state index in [0.717, 1.165) is 4.90 Å². The highest BCUT2D eigenvalue weighted by Gasteiger charge is 2.36. The van der Waals surface area contributed by atoms with Crippen molar-refractivity contribution in [2.45, 2.75) is 13.5 Å². The molecule has 2 aromatic carbocycles. The fourth-order valence-corrected chi connectivity index (χ4v) is 3.14. The van der Waals surface area contributed by atoms with Crippen LogP contribution in [0.5, 0.6) is 5.75 Å². The Balaban J connectivity index is 1.53. The Bertz CT molecular complexity index is 1170. The zero-order valence-electron chi connectivity index (χ0n) is 15.9. The number of benzene rings is 2. The fraction of sp³-hybridized carbons (Fsp3) is 0.0909. The van der Waals surface area contributed by atoms with Crippen molar-refractivity contribution in [3.63, 3.8) is 0 Å². The molecule has 8 heteroatoms. The number of rotatable bonds is 5. The van der Waals surface area contributed by atoms with Crippen LogP contribution in [0.4, 0.5) is 5.69 Å². The molecule has 0 aliphatic carbocycles. The summed E-state index contributed by atoms with van der Waals surface area (Å²) in [6, 6.07) is 14.0. The molecule has 4 rings (SSSR count). The SMILES string of the molecule is CC(=O)Oc1cccc(NC(=O)c2ccc3c(c2)C(=O)N(Cc2ccco2)C3=O)c1. The number of furan rings is 1. The molecule has 0 saturated heterocycles. The number of fused-ring (bicyclic) bond motifs is 1. The number of ether oxygens (including phenoxy) is 1. The summed E-state index contributed by atoms with van der Waals surface area (Å²) in [7, 11) is 0. The number of imide groups is 1. The van der Waals surface area contributed by atoms with Crippen LogP contribution in [0.25, 0.3) is 0 Å². The van der Waals surface area contributed by atoms with Crippen molar-refractivity contribution in [3.05, 3.63) is 83.3 Å². The second-order valence-electron chi connectivity index (χ2n) is 6.61. The first-order valence-corrected chi connectivity index (χ1v) is 9.05. The van der Waals surface area contributed by atoms with Crippen LogP contribution in [0.3, 0.4) is 0 Å². The van der Waals surface area contributed by atoms with E-state index in [1.165, 1.54) is 37.5 Å². The van der Waals surface area contributed by atoms with Gasteiger partial charge in [-0.25, -0.2) is 0 Å². The standard InChI is InChI=1S/C22H16N2O6/c1-13(25)30-16-5-2-4-15(11-16)23-20(26)14-7-8-18-19(10-14)22(28)24(21(18)27)12-17-6-3-9-29-17/h2-11H,12H2,1H3,(H,23,26). The predicted octanol–water partition coefficient (Wildman–Crippen LogP) is 3.25. The van der Waals surface area contributed by atoms with Crippen LogP contribution in [0.1, 0.15) is 43.8 Å². The zero-order chi connectivity index (χ0) is 21.3. The van der Waals surface area contributed by atoms with Gasteiger partial charge in [0.25, 0.3) is 17.7 Å². The van der Waals surface area contributed by atoms with Crippen molar-refractivity contribution in [2.75, 3.05) is 5.32 Å². The van der Waals surface area contributed by atoms with E-state index >= 15 is 0 Å². The second-order valence-corrected chi connectivity index (χ2v) is 6.61. The molecule has 0 atom stereocenters. The third-order valence-corrected chi connectivity index (χ3v) is 4.48. The van der Waals surface area contributed by atoms with Gasteiger partial charge in [-0.1, -0.05) is 6.07 Å². The third kappa shape index (κ3) is 3.70. The van der Waals surface area contributed by atoms with Crippen molar-refractivity contribution in [3.8, 4) is 5.75 Å². The van der Waals surface area contributed by atoms with Crippen molar-refractivity contribution >= 4 is 29.4 Å². The van der Waals surface area contributed by atoms with Gasteiger partial charge in [-0.05, 0) is 42.5 Å². The van der Waals surface area contributed by atoms with E-state index in [2.05, 4.69) is 5.32 Å². The number of carbonyl (C=O) groups is 4. The number of hydrogen-bond donors (Lipinski definition) is 1. The number of amides is 3. The van der Waals surface area contributed by atoms with E-state index in [0.29, 0.717) is 17.2 Å². The monoisotopic (exact) mass is 404 g/mol. The summed E-state index contributed by atoms with van der Waals surface area (Å²) in [5, 5.41) is 2.68. The molecule has 1 aromatic heterocycles. The van der Waals surface area contributed by atoms with Gasteiger partial charge in [0, 0.05) is 24.2 Å². The summed E-state index contributed by atoms with van der Waals surface area (Å²) in [6.45, 7) is 1.30. The molecule has 2 heterocycles. The van der Waals surface area contributed by atoms with Crippen LogP contribution >= 0.6 is 0 Å². The highest BCUT2D eigenvalue weighted by Crippen LogP contribution is 2.26. The lowest BCUT2D eigenvalue weighted by Crippen LogP contribution is -2.28. The lowest BCUT2D eigenvalue weighted by atomic mass is 10.1. The normalized spacial score (nSPS) is 12.6. The first-order valence-electron chi connectivity index (χ1n) is 9.05. The average molecular weight is 404 g/mol. The van der Waals surface area contributed by atoms with E-state index in [-0.39, 0.29) is 23.2 Å². The number of nitrogens with zero attached hydrogens (tertiary/aromatic N) is 1. The topological polar surface area (TPSA) is 106 Å². The Hall–Kier alpha value is -4.20. The summed E-state index contributed by atoms with van der Waals surface area (Å²) in [6.07, 6.45) is 1.46. The van der Waals surface area contributed by atoms with Gasteiger partial charge in [-0.3, -0.25) is 24.1 Å². The molecule has 0 fully saturated rings. The number of carbonyl (C=O) groups excluding carboxylic acids is 4. The summed E-state index contributed by atoms with van der Waals surface area (Å²) in [5.74, 6) is -1.09. The Kier molecular flexibility index (Phi) is 4.89. The number of hydrogen-bond acceptors (Lipinski definition) is 6. The average Bonchev–Trinajstić information content (AvgIpc) is 3.31. The van der Waals surface area contributed by atoms with Gasteiger partial charge in [0.05, 0.1) is 23.9 Å². The Labute approximate surface area is 171 Å². The second kappa shape index (κ2) is 7.67. The van der Waals surface area contributed by atoms with Gasteiger partial charge in [0.1, 0.15) is 11.5 Å². The minimum Gasteiger partial charge on any atom is -0.467 e. The smallest absolute Gasteiger partial charge is 0.308 e. The summed E-state index contributed by atoms with van der Waals surface area (Å²) >= 11 is 0. The fourth-order valence-electron chi connectivity index (χ4n) is 3.14. The zero-order valence-corrected chi connectivity index (χ0v) is 15.9. The summed E-state index contributed by atoms with van der Waals surface area (Å²) < 4.78 is 10.2. The van der Waals surface area contributed by atoms with Crippen molar-refractivity contribution in [1.29, 1.82) is 0 Å². The van der Waals surface area contributed by atoms with Gasteiger partial charge in [-0.2, -0.15) is 0 Å². The number of esters is 1. The largest absolute Gasteiger partial charge is 0.467 e. The van der Waals surface area contributed by atoms with E-state index in [9.17, 15) is 19.2 Å². The molecule has 0 spiro atoms. The molecule has 3 aromatic rings. The maximum absolute atomic E-state index is 12.7. The minimum atomic E-state index is -0.488. The van der Waals surface area contributed by atoms with Crippen molar-refractivity contribution < 1.29 is 28.3 Å². The van der Waals surface area contributed by atoms with Gasteiger partial charge in [0.15, 0.2) is 0 Å². The van der Waals surface area contributed by atoms with E-state index in [1.54, 1.807) is 30.3 Å². The van der Waals surface area contributed by atoms with Gasteiger partial charge in [0.2, 0.25) is 0 Å². The Morgan fingerprint density at radius 2 is 1.80 bits per heavy atom.